The maximum atomic E-state index is 6.43. The Bertz CT molecular complexity index is 824. The summed E-state index contributed by atoms with van der Waals surface area (Å²) < 4.78 is 0. The summed E-state index contributed by atoms with van der Waals surface area (Å²) in [6.07, 6.45) is 6.08. The Morgan fingerprint density at radius 1 is 1.09 bits per heavy atom. The van der Waals surface area contributed by atoms with E-state index in [4.69, 9.17) is 28.2 Å². The van der Waals surface area contributed by atoms with Crippen molar-refractivity contribution in [2.24, 2.45) is 0 Å². The van der Waals surface area contributed by atoms with Crippen molar-refractivity contribution in [3.63, 3.8) is 0 Å². The van der Waals surface area contributed by atoms with Crippen LogP contribution in [0.5, 0.6) is 0 Å². The van der Waals surface area contributed by atoms with Gasteiger partial charge in [-0.15, -0.1) is 0 Å². The highest BCUT2D eigenvalue weighted by molar-refractivity contribution is 6.39. The topological polar surface area (TPSA) is 44.8 Å². The van der Waals surface area contributed by atoms with Crippen LogP contribution in [0.4, 0.5) is 5.82 Å². The lowest BCUT2D eigenvalue weighted by Crippen LogP contribution is -2.19. The van der Waals surface area contributed by atoms with Crippen molar-refractivity contribution in [2.45, 2.75) is 12.8 Å². The Kier molecular flexibility index (Phi) is 3.43. The van der Waals surface area contributed by atoms with E-state index in [0.29, 0.717) is 10.0 Å². The van der Waals surface area contributed by atoms with Crippen LogP contribution in [-0.4, -0.2) is 28.3 Å². The highest BCUT2D eigenvalue weighted by atomic mass is 35.5. The fraction of sp³-hybridized carbons (Fsp3) is 0.250. The second kappa shape index (κ2) is 5.45. The maximum Gasteiger partial charge on any atom is 0.129 e. The Morgan fingerprint density at radius 2 is 1.91 bits per heavy atom. The maximum absolute atomic E-state index is 6.43. The van der Waals surface area contributed by atoms with Gasteiger partial charge in [-0.2, -0.15) is 5.10 Å². The molecule has 0 unspecified atom stereocenters. The zero-order chi connectivity index (χ0) is 15.1. The Balaban J connectivity index is 2.01. The van der Waals surface area contributed by atoms with Crippen molar-refractivity contribution in [3.05, 3.63) is 40.6 Å². The number of benzene rings is 1. The van der Waals surface area contributed by atoms with Crippen molar-refractivity contribution in [1.29, 1.82) is 0 Å². The van der Waals surface area contributed by atoms with Crippen molar-refractivity contribution < 1.29 is 0 Å². The predicted molar refractivity (Wildman–Crippen MR) is 90.8 cm³/mol. The van der Waals surface area contributed by atoms with Crippen LogP contribution in [0.2, 0.25) is 10.0 Å². The molecule has 1 N–H and O–H groups in total. The molecule has 1 aliphatic rings. The van der Waals surface area contributed by atoms with Crippen LogP contribution in [0.3, 0.4) is 0 Å². The largest absolute Gasteiger partial charge is 0.357 e. The molecular formula is C16H14Cl2N4. The fourth-order valence-corrected chi connectivity index (χ4v) is 3.59. The molecule has 0 atom stereocenters. The minimum Gasteiger partial charge on any atom is -0.357 e. The number of rotatable bonds is 2. The van der Waals surface area contributed by atoms with E-state index >= 15 is 0 Å². The molecule has 1 saturated heterocycles. The summed E-state index contributed by atoms with van der Waals surface area (Å²) >= 11 is 12.6. The van der Waals surface area contributed by atoms with Crippen LogP contribution in [0, 0.1) is 0 Å². The summed E-state index contributed by atoms with van der Waals surface area (Å²) in [7, 11) is 0. The number of H-pyrrole nitrogens is 1. The fourth-order valence-electron chi connectivity index (χ4n) is 3.01. The van der Waals surface area contributed by atoms with Gasteiger partial charge in [0.1, 0.15) is 5.82 Å². The first-order chi connectivity index (χ1) is 10.7. The summed E-state index contributed by atoms with van der Waals surface area (Å²) in [5.74, 6) is 0.972. The first kappa shape index (κ1) is 13.9. The third-order valence-electron chi connectivity index (χ3n) is 4.05. The molecule has 0 saturated carbocycles. The molecule has 4 nitrogen and oxygen atoms in total. The molecule has 6 heteroatoms. The molecule has 3 heterocycles. The summed E-state index contributed by atoms with van der Waals surface area (Å²) in [5.41, 5.74) is 2.84. The Morgan fingerprint density at radius 3 is 2.64 bits per heavy atom. The summed E-state index contributed by atoms with van der Waals surface area (Å²) in [6, 6.07) is 5.72. The van der Waals surface area contributed by atoms with Crippen molar-refractivity contribution in [3.8, 4) is 11.1 Å². The smallest absolute Gasteiger partial charge is 0.129 e. The van der Waals surface area contributed by atoms with Crippen LogP contribution in [0.1, 0.15) is 12.8 Å². The second-order valence-electron chi connectivity index (χ2n) is 5.49. The molecule has 0 spiro atoms. The molecule has 3 aromatic rings. The van der Waals surface area contributed by atoms with E-state index < -0.39 is 0 Å². The molecule has 0 radical (unpaired) electrons. The standard InChI is InChI=1S/C16H14Cl2N4/c17-11-5-13(18)16-12(10-8-19-20-9-10)7-15(21-14(16)6-11)22-3-1-2-4-22/h5-9H,1-4H2,(H,19,20). The van der Waals surface area contributed by atoms with E-state index in [1.165, 1.54) is 12.8 Å². The van der Waals surface area contributed by atoms with Gasteiger partial charge in [-0.1, -0.05) is 23.2 Å². The third-order valence-corrected chi connectivity index (χ3v) is 4.57. The summed E-state index contributed by atoms with van der Waals surface area (Å²) in [6.45, 7) is 2.08. The van der Waals surface area contributed by atoms with E-state index in [0.717, 1.165) is 40.9 Å². The molecule has 1 aliphatic heterocycles. The highest BCUT2D eigenvalue weighted by Crippen LogP contribution is 2.37. The normalized spacial score (nSPS) is 14.9. The van der Waals surface area contributed by atoms with E-state index in [1.54, 1.807) is 12.3 Å². The average molecular weight is 333 g/mol. The van der Waals surface area contributed by atoms with Crippen LogP contribution in [-0.2, 0) is 0 Å². The summed E-state index contributed by atoms with van der Waals surface area (Å²) in [4.78, 5) is 7.08. The monoisotopic (exact) mass is 332 g/mol. The number of pyridine rings is 1. The van der Waals surface area contributed by atoms with Gasteiger partial charge in [0.25, 0.3) is 0 Å². The minimum absolute atomic E-state index is 0.599. The molecule has 4 rings (SSSR count). The van der Waals surface area contributed by atoms with Gasteiger partial charge < -0.3 is 4.90 Å². The van der Waals surface area contributed by atoms with E-state index in [9.17, 15) is 0 Å². The molecule has 0 bridgehead atoms. The third kappa shape index (κ3) is 2.32. The van der Waals surface area contributed by atoms with Crippen LogP contribution < -0.4 is 4.90 Å². The zero-order valence-electron chi connectivity index (χ0n) is 11.8. The van der Waals surface area contributed by atoms with Gasteiger partial charge in [-0.3, -0.25) is 5.10 Å². The molecule has 2 aromatic heterocycles. The predicted octanol–water partition coefficient (Wildman–Crippen LogP) is 4.53. The highest BCUT2D eigenvalue weighted by Gasteiger charge is 2.18. The lowest BCUT2D eigenvalue weighted by Gasteiger charge is -2.19. The molecule has 22 heavy (non-hydrogen) atoms. The molecule has 1 aromatic carbocycles. The zero-order valence-corrected chi connectivity index (χ0v) is 13.3. The van der Waals surface area contributed by atoms with Gasteiger partial charge in [-0.05, 0) is 36.6 Å². The summed E-state index contributed by atoms with van der Waals surface area (Å²) in [5, 5.41) is 9.03. The quantitative estimate of drug-likeness (QED) is 0.749. The van der Waals surface area contributed by atoms with Gasteiger partial charge >= 0.3 is 0 Å². The van der Waals surface area contributed by atoms with Gasteiger partial charge in [0.2, 0.25) is 0 Å². The lowest BCUT2D eigenvalue weighted by atomic mass is 10.0. The first-order valence-electron chi connectivity index (χ1n) is 7.26. The van der Waals surface area contributed by atoms with Crippen LogP contribution in [0.25, 0.3) is 22.0 Å². The van der Waals surface area contributed by atoms with Gasteiger partial charge in [0.05, 0.1) is 16.7 Å². The molecule has 0 amide bonds. The minimum atomic E-state index is 0.599. The first-order valence-corrected chi connectivity index (χ1v) is 8.02. The van der Waals surface area contributed by atoms with E-state index in [-0.39, 0.29) is 0 Å². The van der Waals surface area contributed by atoms with Gasteiger partial charge in [0.15, 0.2) is 0 Å². The average Bonchev–Trinajstić information content (AvgIpc) is 3.19. The van der Waals surface area contributed by atoms with E-state index in [2.05, 4.69) is 21.2 Å². The number of hydrogen-bond donors (Lipinski definition) is 1. The number of anilines is 1. The van der Waals surface area contributed by atoms with Crippen molar-refractivity contribution in [1.82, 2.24) is 15.2 Å². The van der Waals surface area contributed by atoms with Crippen molar-refractivity contribution in [2.75, 3.05) is 18.0 Å². The lowest BCUT2D eigenvalue weighted by molar-refractivity contribution is 0.944. The van der Waals surface area contributed by atoms with Gasteiger partial charge in [0, 0.05) is 35.3 Å². The van der Waals surface area contributed by atoms with Gasteiger partial charge in [-0.25, -0.2) is 4.98 Å². The Labute approximate surface area is 138 Å². The molecule has 0 aliphatic carbocycles. The number of aromatic amines is 1. The van der Waals surface area contributed by atoms with Crippen LogP contribution >= 0.6 is 23.2 Å². The number of aromatic nitrogens is 3. The number of hydrogen-bond acceptors (Lipinski definition) is 3. The number of nitrogens with one attached hydrogen (secondary N) is 1. The number of halogens is 2. The second-order valence-corrected chi connectivity index (χ2v) is 6.33. The molecular weight excluding hydrogens is 319 g/mol. The molecule has 112 valence electrons. The van der Waals surface area contributed by atoms with E-state index in [1.807, 2.05) is 12.3 Å². The molecule has 1 fully saturated rings. The van der Waals surface area contributed by atoms with Crippen LogP contribution in [0.15, 0.2) is 30.6 Å². The number of fused-ring (bicyclic) bond motifs is 1. The van der Waals surface area contributed by atoms with Crippen molar-refractivity contribution >= 4 is 39.9 Å². The number of nitrogens with zero attached hydrogens (tertiary/aromatic N) is 3. The Hall–Kier alpha value is -1.78. The SMILES string of the molecule is Clc1cc(Cl)c2c(-c3cn[nH]c3)cc(N3CCCC3)nc2c1.